The monoisotopic (exact) mass is 2160 g/mol. The zero-order valence-corrected chi connectivity index (χ0v) is 92.6. The number of imidazole rings is 1. The summed E-state index contributed by atoms with van der Waals surface area (Å²) in [5.74, 6) is -0.190. The highest BCUT2D eigenvalue weighted by Crippen LogP contribution is 2.32. The molecule has 0 bridgehead atoms. The first-order chi connectivity index (χ1) is 70.2. The van der Waals surface area contributed by atoms with Gasteiger partial charge >= 0.3 is 12.1 Å². The van der Waals surface area contributed by atoms with Crippen molar-refractivity contribution in [3.63, 3.8) is 0 Å². The minimum absolute atomic E-state index is 0.112. The Hall–Kier alpha value is -10.4. The smallest absolute Gasteiger partial charge is 0.322 e. The zero-order chi connectivity index (χ0) is 104. The van der Waals surface area contributed by atoms with Crippen molar-refractivity contribution in [2.45, 2.75) is 244 Å². The van der Waals surface area contributed by atoms with Crippen LogP contribution in [0.3, 0.4) is 0 Å². The second-order valence-electron chi connectivity index (χ2n) is 37.5. The van der Waals surface area contributed by atoms with Gasteiger partial charge in [0.1, 0.15) is 28.0 Å². The summed E-state index contributed by atoms with van der Waals surface area (Å²) in [5.41, 5.74) is 17.4. The molecule has 2 unspecified atom stereocenters. The molecule has 7 N–H and O–H groups in total. The summed E-state index contributed by atoms with van der Waals surface area (Å²) in [6.07, 6.45) is 20.6. The number of nitrogens with zero attached hydrogens (tertiary/aromatic N) is 19. The number of carbonyl (C=O) groups is 8. The fourth-order valence-corrected chi connectivity index (χ4v) is 24.6. The largest absolute Gasteiger partial charge is 0.352 e. The van der Waals surface area contributed by atoms with Gasteiger partial charge in [0.05, 0.1) is 74.1 Å². The number of anilines is 1. The molecule has 33 nitrogen and oxygen atoms in total. The lowest BCUT2D eigenvalue weighted by molar-refractivity contribution is -0.133. The van der Waals surface area contributed by atoms with Crippen molar-refractivity contribution in [1.82, 2.24) is 115 Å². The number of nitrogens with one attached hydrogen (secondary N) is 5. The number of nitrogens with two attached hydrogens (primary N) is 1. The van der Waals surface area contributed by atoms with Gasteiger partial charge < -0.3 is 76.1 Å². The molecular formula is C103H136Cl2FN25O8S7. The summed E-state index contributed by atoms with van der Waals surface area (Å²) < 4.78 is 16.3. The van der Waals surface area contributed by atoms with E-state index < -0.39 is 5.95 Å². The molecule has 784 valence electrons. The third-order valence-electron chi connectivity index (χ3n) is 27.3. The van der Waals surface area contributed by atoms with Crippen LogP contribution in [0.25, 0.3) is 0 Å². The Balaban J connectivity index is 0.000000174. The van der Waals surface area contributed by atoms with Crippen molar-refractivity contribution < 1.29 is 42.7 Å². The lowest BCUT2D eigenvalue weighted by Crippen LogP contribution is -2.50. The van der Waals surface area contributed by atoms with Crippen LogP contribution in [0.5, 0.6) is 0 Å². The number of aromatic nitrogens is 11. The van der Waals surface area contributed by atoms with Crippen LogP contribution in [0, 0.1) is 61.3 Å². The van der Waals surface area contributed by atoms with Gasteiger partial charge in [-0.3, -0.25) is 33.8 Å². The van der Waals surface area contributed by atoms with Gasteiger partial charge in [-0.2, -0.15) is 49.7 Å². The summed E-state index contributed by atoms with van der Waals surface area (Å²) >= 11 is 23.1. The fourth-order valence-electron chi connectivity index (χ4n) is 18.8. The van der Waals surface area contributed by atoms with Gasteiger partial charge in [-0.15, -0.1) is 10.2 Å². The molecule has 4 fully saturated rings. The standard InChI is InChI=1S/C28H35FN6O2S.C27H37N7O2S2.C26H35N7O2S3.C22H29Cl2N5O2S/c1-19-15-25(29)32-21(3)26(19)27(36)31-11-6-20(2)34-12-7-24(8-13-34)35(17-22-9-14-38-18-22)28(37)33-23-5-4-10-30-16-23;1-19(5-9-28-26(36)25-20(2)30-18-31-21(25)3)33-11-6-23(7-12-33)34(15-22-8-14-37-16-22)24(35)17-38-27-29-10-13-32(27)4;1-17(5-9-27-25(35)24-18(2)28-16-29-19(24)3)32-10-6-22(7-11-32)33(13-21-8-12-36-14-21)23(34)15-37-26-31-30-20(4)38-26;1-14-11-18(23)27-20(24)19(14)21(30)26-7-3-15(2)28-8-4-17(5-9-28)29(22(25)31)12-16-6-10-32-13-16/h4-5,9-10,14-16,18,20,24H,6-8,11-13,17H2,1-3H3,(H,31,36)(H,33,37);8,10,13-14,16,18-19,23H,5-7,9,11-12,15,17H2,1-4H3,(H,28,36);8,12,14,16-17,22H,5-7,9-11,13,15H2,1-4H3,(H,27,35);6,10-11,13,15,17H,3-5,7-9,12H2,1-2H3,(H2,25,31)(H,26,30)/t20-;;;15-/m1..1/s1. The van der Waals surface area contributed by atoms with Crippen LogP contribution in [0.2, 0.25) is 10.3 Å². The number of rotatable bonds is 39. The number of thioether (sulfide) groups is 2. The predicted octanol–water partition coefficient (Wildman–Crippen LogP) is 17.1. The van der Waals surface area contributed by atoms with Gasteiger partial charge in [0.2, 0.25) is 17.8 Å². The maximum Gasteiger partial charge on any atom is 0.322 e. The van der Waals surface area contributed by atoms with Crippen molar-refractivity contribution in [3.8, 4) is 0 Å². The Morgan fingerprint density at radius 3 is 1.22 bits per heavy atom. The lowest BCUT2D eigenvalue weighted by atomic mass is 10.00. The van der Waals surface area contributed by atoms with Gasteiger partial charge in [-0.05, 0) is 285 Å². The average molecular weight is 2170 g/mol. The highest BCUT2D eigenvalue weighted by molar-refractivity contribution is 8.01. The summed E-state index contributed by atoms with van der Waals surface area (Å²) in [5, 5.41) is 41.9. The van der Waals surface area contributed by atoms with Crippen LogP contribution < -0.4 is 32.3 Å². The van der Waals surface area contributed by atoms with E-state index in [2.05, 4.69) is 184 Å². The summed E-state index contributed by atoms with van der Waals surface area (Å²) in [4.78, 5) is 153. The van der Waals surface area contributed by atoms with Crippen molar-refractivity contribution in [2.24, 2.45) is 12.8 Å². The van der Waals surface area contributed by atoms with Gasteiger partial charge in [-0.1, -0.05) is 58.1 Å². The van der Waals surface area contributed by atoms with Crippen LogP contribution in [-0.4, -0.2) is 280 Å². The number of thiophene rings is 4. The number of pyridine rings is 3. The van der Waals surface area contributed by atoms with Crippen LogP contribution in [0.1, 0.15) is 213 Å². The number of carbonyl (C=O) groups excluding carboxylic acids is 8. The lowest BCUT2D eigenvalue weighted by Gasteiger charge is -2.41. The first kappa shape index (κ1) is 114. The number of piperidine rings is 4. The number of primary amides is 1. The second-order valence-corrected chi connectivity index (χ2v) is 44.7. The number of hydrogen-bond donors (Lipinski definition) is 6. The van der Waals surface area contributed by atoms with Gasteiger partial charge in [0.15, 0.2) is 9.50 Å². The summed E-state index contributed by atoms with van der Waals surface area (Å²) in [6.45, 7) is 35.1. The Morgan fingerprint density at radius 1 is 0.473 bits per heavy atom. The second kappa shape index (κ2) is 57.4. The maximum atomic E-state index is 13.5. The molecule has 4 aliphatic heterocycles. The molecule has 4 aliphatic rings. The predicted molar refractivity (Wildman–Crippen MR) is 581 cm³/mol. The molecule has 4 atom stereocenters. The fraction of sp³-hybridized carbons (Fsp3) is 0.495. The minimum atomic E-state index is -0.572. The zero-order valence-electron chi connectivity index (χ0n) is 85.4. The van der Waals surface area contributed by atoms with Crippen LogP contribution in [0.15, 0.2) is 139 Å². The number of aryl methyl sites for hydroxylation is 9. The number of amides is 10. The van der Waals surface area contributed by atoms with E-state index in [0.717, 1.165) is 155 Å². The number of likely N-dealkylation sites (tertiary alicyclic amines) is 4. The SMILES string of the molecule is Cc1cc(Cl)nc(Cl)c1C(=O)NCC[C@@H](C)N1CCC(N(Cc2ccsc2)C(N)=O)CC1.Cc1cc(F)nc(C)c1C(=O)NCC[C@@H](C)N1CCC(N(Cc2ccsc2)C(=O)Nc2cccnc2)CC1.Cc1ncnc(C)c1C(=O)NCCC(C)N1CCC(N(Cc2ccsc2)C(=O)CSc2nccn2C)CC1.Cc1nnc(SCC(=O)N(Cc2ccsc2)C2CCN(C(C)CCNC(=O)c3c(C)ncnc3C)CC2)s1. The Morgan fingerprint density at radius 2 is 0.856 bits per heavy atom. The van der Waals surface area contributed by atoms with Gasteiger partial charge in [0.25, 0.3) is 23.6 Å². The quantitative estimate of drug-likeness (QED) is 0.0154. The summed E-state index contributed by atoms with van der Waals surface area (Å²) in [6, 6.07) is 16.3. The van der Waals surface area contributed by atoms with E-state index in [9.17, 15) is 42.7 Å². The molecule has 15 rings (SSSR count). The molecule has 11 aromatic heterocycles. The molecule has 0 saturated carbocycles. The van der Waals surface area contributed by atoms with Crippen LogP contribution >= 0.6 is 103 Å². The Kier molecular flexibility index (Phi) is 44.9. The van der Waals surface area contributed by atoms with E-state index in [0.29, 0.717) is 150 Å². The van der Waals surface area contributed by atoms with Crippen LogP contribution in [-0.2, 0) is 42.8 Å². The molecule has 43 heteroatoms. The minimum Gasteiger partial charge on any atom is -0.352 e. The third-order valence-corrected chi connectivity index (χ3v) is 33.7. The van der Waals surface area contributed by atoms with E-state index in [1.807, 2.05) is 80.2 Å². The highest BCUT2D eigenvalue weighted by Gasteiger charge is 2.36. The van der Waals surface area contributed by atoms with E-state index in [4.69, 9.17) is 28.9 Å². The van der Waals surface area contributed by atoms with Crippen molar-refractivity contribution >= 4 is 157 Å². The molecule has 11 aromatic rings. The number of urea groups is 2. The van der Waals surface area contributed by atoms with E-state index in [1.165, 1.54) is 64.7 Å². The molecule has 0 aliphatic carbocycles. The van der Waals surface area contributed by atoms with Crippen LogP contribution in [0.4, 0.5) is 19.7 Å². The molecule has 0 aromatic carbocycles. The van der Waals surface area contributed by atoms with Gasteiger partial charge in [-0.25, -0.2) is 44.5 Å². The molecule has 15 heterocycles. The van der Waals surface area contributed by atoms with Crippen molar-refractivity contribution in [3.05, 3.63) is 234 Å². The van der Waals surface area contributed by atoms with Gasteiger partial charge in [0, 0.05) is 179 Å². The van der Waals surface area contributed by atoms with Crippen molar-refractivity contribution in [1.29, 1.82) is 0 Å². The highest BCUT2D eigenvalue weighted by atomic mass is 35.5. The van der Waals surface area contributed by atoms with E-state index in [1.54, 1.807) is 102 Å². The summed E-state index contributed by atoms with van der Waals surface area (Å²) in [7, 11) is 1.95. The first-order valence-corrected chi connectivity index (χ1v) is 56.9. The van der Waals surface area contributed by atoms with Crippen molar-refractivity contribution in [2.75, 3.05) is 95.4 Å². The molecular weight excluding hydrogens is 2030 g/mol. The molecule has 0 radical (unpaired) electrons. The van der Waals surface area contributed by atoms with E-state index in [-0.39, 0.29) is 88.0 Å². The molecule has 4 saturated heterocycles. The average Bonchev–Trinajstić information content (AvgIpc) is 1.71. The molecule has 10 amide bonds. The topological polar surface area (TPSA) is 382 Å². The maximum absolute atomic E-state index is 13.5. The Labute approximate surface area is 894 Å². The Bertz CT molecular complexity index is 5920. The third kappa shape index (κ3) is 34.1. The first-order valence-electron chi connectivity index (χ1n) is 49.5. The normalized spacial score (nSPS) is 15.5. The molecule has 0 spiro atoms. The molecule has 146 heavy (non-hydrogen) atoms. The number of halogens is 3. The number of hydrogen-bond acceptors (Lipinski definition) is 29. The van der Waals surface area contributed by atoms with E-state index >= 15 is 0 Å².